The second kappa shape index (κ2) is 8.56. The van der Waals surface area contributed by atoms with Gasteiger partial charge in [-0.1, -0.05) is 32.0 Å². The second-order valence-corrected chi connectivity index (χ2v) is 6.32. The van der Waals surface area contributed by atoms with Gasteiger partial charge in [-0.25, -0.2) is 8.78 Å². The fourth-order valence-electron chi connectivity index (χ4n) is 2.56. The molecule has 0 spiro atoms. The van der Waals surface area contributed by atoms with Crippen molar-refractivity contribution in [1.82, 2.24) is 0 Å². The molecule has 0 heterocycles. The minimum Gasteiger partial charge on any atom is -0.326 e. The van der Waals surface area contributed by atoms with E-state index in [-0.39, 0.29) is 18.9 Å². The minimum atomic E-state index is -0.843. The first-order chi connectivity index (χ1) is 12.3. The third kappa shape index (κ3) is 4.88. The van der Waals surface area contributed by atoms with Crippen molar-refractivity contribution >= 4 is 23.2 Å². The van der Waals surface area contributed by atoms with Crippen LogP contribution in [0.1, 0.15) is 38.7 Å². The van der Waals surface area contributed by atoms with Gasteiger partial charge in [0.05, 0.1) is 0 Å². The van der Waals surface area contributed by atoms with Crippen LogP contribution in [0.15, 0.2) is 42.5 Å². The zero-order chi connectivity index (χ0) is 19.3. The Bertz CT molecular complexity index is 769. The molecule has 2 rings (SSSR count). The van der Waals surface area contributed by atoms with Crippen LogP contribution in [0.25, 0.3) is 0 Å². The number of nitrogens with one attached hydrogen (secondary N) is 1. The highest BCUT2D eigenvalue weighted by molar-refractivity contribution is 5.95. The summed E-state index contributed by atoms with van der Waals surface area (Å²) in [6.45, 7) is 5.23. The molecule has 0 aromatic heterocycles. The summed E-state index contributed by atoms with van der Waals surface area (Å²) < 4.78 is 27.8. The average molecular weight is 360 g/mol. The Kier molecular flexibility index (Phi) is 6.44. The maximum atomic E-state index is 13.9. The molecular formula is C20H22F2N2O2. The molecule has 1 N–H and O–H groups in total. The van der Waals surface area contributed by atoms with E-state index in [1.807, 2.05) is 12.1 Å². The normalized spacial score (nSPS) is 10.7. The van der Waals surface area contributed by atoms with Crippen LogP contribution in [0, 0.1) is 11.6 Å². The van der Waals surface area contributed by atoms with Crippen molar-refractivity contribution < 1.29 is 18.4 Å². The summed E-state index contributed by atoms with van der Waals surface area (Å²) >= 11 is 0. The van der Waals surface area contributed by atoms with E-state index in [1.54, 1.807) is 12.1 Å². The van der Waals surface area contributed by atoms with Crippen LogP contribution in [-0.2, 0) is 9.59 Å². The summed E-state index contributed by atoms with van der Waals surface area (Å²) in [6.07, 6.45) is -0.0840. The highest BCUT2D eigenvalue weighted by Gasteiger charge is 2.20. The molecule has 0 saturated carbocycles. The summed E-state index contributed by atoms with van der Waals surface area (Å²) in [5.41, 5.74) is 1.35. The molecule has 6 heteroatoms. The van der Waals surface area contributed by atoms with Crippen LogP contribution in [0.3, 0.4) is 0 Å². The van der Waals surface area contributed by atoms with Crippen molar-refractivity contribution in [3.05, 3.63) is 59.7 Å². The Labute approximate surface area is 151 Å². The molecule has 2 aromatic carbocycles. The summed E-state index contributed by atoms with van der Waals surface area (Å²) in [5, 5.41) is 2.72. The average Bonchev–Trinajstić information content (AvgIpc) is 2.57. The maximum Gasteiger partial charge on any atom is 0.226 e. The van der Waals surface area contributed by atoms with Crippen LogP contribution in [0.4, 0.5) is 20.2 Å². The van der Waals surface area contributed by atoms with E-state index in [9.17, 15) is 18.4 Å². The van der Waals surface area contributed by atoms with Crippen molar-refractivity contribution in [3.63, 3.8) is 0 Å². The van der Waals surface area contributed by atoms with Gasteiger partial charge in [-0.2, -0.15) is 0 Å². The summed E-state index contributed by atoms with van der Waals surface area (Å²) in [4.78, 5) is 24.8. The lowest BCUT2D eigenvalue weighted by atomic mass is 10.0. The third-order valence-electron chi connectivity index (χ3n) is 4.01. The molecule has 2 amide bonds. The quantitative estimate of drug-likeness (QED) is 0.826. The number of hydrogen-bond donors (Lipinski definition) is 1. The molecule has 0 aliphatic rings. The highest BCUT2D eigenvalue weighted by Crippen LogP contribution is 2.24. The molecule has 0 radical (unpaired) electrons. The molecule has 0 unspecified atom stereocenters. The monoisotopic (exact) mass is 360 g/mol. The number of carbonyl (C=O) groups excluding carboxylic acids is 2. The van der Waals surface area contributed by atoms with Crippen LogP contribution in [0.5, 0.6) is 0 Å². The first-order valence-electron chi connectivity index (χ1n) is 8.41. The molecule has 2 aromatic rings. The molecule has 26 heavy (non-hydrogen) atoms. The van der Waals surface area contributed by atoms with Gasteiger partial charge in [0.2, 0.25) is 11.8 Å². The van der Waals surface area contributed by atoms with Gasteiger partial charge in [-0.3, -0.25) is 9.59 Å². The Morgan fingerprint density at radius 1 is 1.04 bits per heavy atom. The number of halogens is 2. The van der Waals surface area contributed by atoms with Crippen molar-refractivity contribution in [2.24, 2.45) is 0 Å². The molecule has 138 valence electrons. The lowest BCUT2D eigenvalue weighted by molar-refractivity contribution is -0.117. The van der Waals surface area contributed by atoms with Gasteiger partial charge in [0.1, 0.15) is 17.3 Å². The fourth-order valence-corrected chi connectivity index (χ4v) is 2.56. The van der Waals surface area contributed by atoms with Gasteiger partial charge in [-0.05, 0) is 35.7 Å². The van der Waals surface area contributed by atoms with E-state index < -0.39 is 23.2 Å². The minimum absolute atomic E-state index is 0.0840. The smallest absolute Gasteiger partial charge is 0.226 e. The molecule has 0 saturated heterocycles. The van der Waals surface area contributed by atoms with E-state index in [2.05, 4.69) is 19.2 Å². The van der Waals surface area contributed by atoms with Crippen molar-refractivity contribution in [1.29, 1.82) is 0 Å². The SMILES string of the molecule is CC(=O)N(CCC(=O)Nc1ccc(C(C)C)cc1)c1c(F)cccc1F. The number of para-hydroxylation sites is 1. The number of hydrogen-bond acceptors (Lipinski definition) is 2. The second-order valence-electron chi connectivity index (χ2n) is 6.32. The molecule has 0 fully saturated rings. The number of rotatable bonds is 6. The van der Waals surface area contributed by atoms with Crippen molar-refractivity contribution in [3.8, 4) is 0 Å². The number of carbonyl (C=O) groups is 2. The fraction of sp³-hybridized carbons (Fsp3) is 0.300. The lowest BCUT2D eigenvalue weighted by Crippen LogP contribution is -2.33. The van der Waals surface area contributed by atoms with Gasteiger partial charge in [0, 0.05) is 25.6 Å². The Hall–Kier alpha value is -2.76. The zero-order valence-corrected chi connectivity index (χ0v) is 15.1. The van der Waals surface area contributed by atoms with E-state index in [0.29, 0.717) is 11.6 Å². The first kappa shape index (κ1) is 19.6. The van der Waals surface area contributed by atoms with E-state index in [4.69, 9.17) is 0 Å². The van der Waals surface area contributed by atoms with Crippen LogP contribution < -0.4 is 10.2 Å². The third-order valence-corrected chi connectivity index (χ3v) is 4.01. The Morgan fingerprint density at radius 2 is 1.62 bits per heavy atom. The van der Waals surface area contributed by atoms with Gasteiger partial charge in [0.25, 0.3) is 0 Å². The number of benzene rings is 2. The van der Waals surface area contributed by atoms with Crippen LogP contribution >= 0.6 is 0 Å². The van der Waals surface area contributed by atoms with Crippen molar-refractivity contribution in [2.75, 3.05) is 16.8 Å². The number of amides is 2. The first-order valence-corrected chi connectivity index (χ1v) is 8.41. The van der Waals surface area contributed by atoms with Gasteiger partial charge < -0.3 is 10.2 Å². The Balaban J connectivity index is 2.03. The molecule has 0 atom stereocenters. The molecular weight excluding hydrogens is 338 g/mol. The predicted octanol–water partition coefficient (Wildman–Crippen LogP) is 4.47. The molecule has 0 bridgehead atoms. The molecule has 0 aliphatic carbocycles. The molecule has 4 nitrogen and oxygen atoms in total. The predicted molar refractivity (Wildman–Crippen MR) is 98.2 cm³/mol. The van der Waals surface area contributed by atoms with Gasteiger partial charge in [0.15, 0.2) is 0 Å². The highest BCUT2D eigenvalue weighted by atomic mass is 19.1. The zero-order valence-electron chi connectivity index (χ0n) is 15.1. The largest absolute Gasteiger partial charge is 0.326 e. The van der Waals surface area contributed by atoms with Crippen LogP contribution in [0.2, 0.25) is 0 Å². The number of anilines is 2. The van der Waals surface area contributed by atoms with Crippen LogP contribution in [-0.4, -0.2) is 18.4 Å². The standard InChI is InChI=1S/C20H22F2N2O2/c1-13(2)15-7-9-16(10-8-15)23-19(26)11-12-24(14(3)25)20-17(21)5-4-6-18(20)22/h4-10,13H,11-12H2,1-3H3,(H,23,26). The summed E-state index contributed by atoms with van der Waals surface area (Å²) in [5.74, 6) is -2.18. The van der Waals surface area contributed by atoms with Gasteiger partial charge >= 0.3 is 0 Å². The van der Waals surface area contributed by atoms with E-state index >= 15 is 0 Å². The number of nitrogens with zero attached hydrogens (tertiary/aromatic N) is 1. The molecule has 0 aliphatic heterocycles. The maximum absolute atomic E-state index is 13.9. The van der Waals surface area contributed by atoms with Gasteiger partial charge in [-0.15, -0.1) is 0 Å². The van der Waals surface area contributed by atoms with E-state index in [1.165, 1.54) is 13.0 Å². The summed E-state index contributed by atoms with van der Waals surface area (Å²) in [7, 11) is 0. The Morgan fingerprint density at radius 3 is 2.12 bits per heavy atom. The van der Waals surface area contributed by atoms with Crippen molar-refractivity contribution in [2.45, 2.75) is 33.1 Å². The summed E-state index contributed by atoms with van der Waals surface area (Å²) in [6, 6.07) is 10.8. The lowest BCUT2D eigenvalue weighted by Gasteiger charge is -2.22. The topological polar surface area (TPSA) is 49.4 Å². The van der Waals surface area contributed by atoms with E-state index in [0.717, 1.165) is 22.6 Å².